The Hall–Kier alpha value is -2.96. The van der Waals surface area contributed by atoms with Crippen molar-refractivity contribution in [3.63, 3.8) is 0 Å². The molecule has 1 aliphatic rings. The van der Waals surface area contributed by atoms with Gasteiger partial charge in [-0.3, -0.25) is 4.79 Å². The van der Waals surface area contributed by atoms with Gasteiger partial charge in [0.25, 0.3) is 11.6 Å². The summed E-state index contributed by atoms with van der Waals surface area (Å²) in [7, 11) is 1.57. The molecular weight excluding hydrogens is 320 g/mol. The highest BCUT2D eigenvalue weighted by Crippen LogP contribution is 2.40. The number of carbonyl (C=O) groups excluding carboxylic acids is 1. The van der Waals surface area contributed by atoms with Crippen molar-refractivity contribution in [1.82, 2.24) is 20.4 Å². The van der Waals surface area contributed by atoms with Crippen LogP contribution in [0.25, 0.3) is 11.1 Å². The third-order valence-corrected chi connectivity index (χ3v) is 4.34. The van der Waals surface area contributed by atoms with E-state index in [1.165, 1.54) is 0 Å². The molecule has 7 heteroatoms. The first kappa shape index (κ1) is 15.6. The molecule has 0 radical (unpaired) electrons. The number of aromatic nitrogens is 3. The largest absolute Gasteiger partial charge is 0.481 e. The maximum absolute atomic E-state index is 12.7. The average molecular weight is 338 g/mol. The first-order chi connectivity index (χ1) is 12.2. The van der Waals surface area contributed by atoms with Crippen LogP contribution in [-0.4, -0.2) is 28.1 Å². The van der Waals surface area contributed by atoms with Gasteiger partial charge in [0.05, 0.1) is 23.8 Å². The quantitative estimate of drug-likeness (QED) is 0.769. The van der Waals surface area contributed by atoms with E-state index in [0.29, 0.717) is 40.7 Å². The molecular formula is C18H18N4O3. The summed E-state index contributed by atoms with van der Waals surface area (Å²) in [5.74, 6) is 0.795. The molecule has 128 valence electrons. The van der Waals surface area contributed by atoms with Crippen LogP contribution in [0.4, 0.5) is 0 Å². The van der Waals surface area contributed by atoms with Crippen molar-refractivity contribution < 1.29 is 14.1 Å². The van der Waals surface area contributed by atoms with Crippen molar-refractivity contribution in [3.8, 4) is 5.88 Å². The van der Waals surface area contributed by atoms with Crippen LogP contribution in [0.5, 0.6) is 5.88 Å². The molecule has 3 aromatic rings. The van der Waals surface area contributed by atoms with E-state index in [9.17, 15) is 4.79 Å². The predicted molar refractivity (Wildman–Crippen MR) is 90.5 cm³/mol. The molecule has 1 saturated carbocycles. The van der Waals surface area contributed by atoms with Crippen molar-refractivity contribution in [2.24, 2.45) is 0 Å². The molecule has 0 aromatic carbocycles. The van der Waals surface area contributed by atoms with Crippen LogP contribution < -0.4 is 10.1 Å². The highest BCUT2D eigenvalue weighted by molar-refractivity contribution is 6.06. The van der Waals surface area contributed by atoms with E-state index in [2.05, 4.69) is 20.4 Å². The molecule has 0 spiro atoms. The van der Waals surface area contributed by atoms with Crippen molar-refractivity contribution in [3.05, 3.63) is 46.9 Å². The minimum Gasteiger partial charge on any atom is -0.481 e. The van der Waals surface area contributed by atoms with Crippen molar-refractivity contribution >= 4 is 17.0 Å². The molecule has 0 unspecified atom stereocenters. The van der Waals surface area contributed by atoms with Gasteiger partial charge in [-0.05, 0) is 31.4 Å². The lowest BCUT2D eigenvalue weighted by molar-refractivity contribution is 0.0952. The van der Waals surface area contributed by atoms with E-state index < -0.39 is 0 Å². The molecule has 0 atom stereocenters. The number of amides is 1. The first-order valence-electron chi connectivity index (χ1n) is 8.19. The van der Waals surface area contributed by atoms with Crippen LogP contribution >= 0.6 is 0 Å². The molecule has 3 aromatic heterocycles. The lowest BCUT2D eigenvalue weighted by Crippen LogP contribution is -2.23. The molecule has 1 fully saturated rings. The maximum atomic E-state index is 12.7. The molecule has 7 nitrogen and oxygen atoms in total. The highest BCUT2D eigenvalue weighted by Gasteiger charge is 2.28. The van der Waals surface area contributed by atoms with Gasteiger partial charge < -0.3 is 14.6 Å². The molecule has 3 heterocycles. The van der Waals surface area contributed by atoms with Crippen molar-refractivity contribution in [1.29, 1.82) is 0 Å². The summed E-state index contributed by atoms with van der Waals surface area (Å²) in [5, 5.41) is 7.56. The van der Waals surface area contributed by atoms with Crippen LogP contribution in [-0.2, 0) is 6.54 Å². The minimum absolute atomic E-state index is 0.170. The number of rotatable bonds is 5. The van der Waals surface area contributed by atoms with E-state index in [0.717, 1.165) is 24.1 Å². The number of fused-ring (bicyclic) bond motifs is 1. The Morgan fingerprint density at radius 1 is 1.40 bits per heavy atom. The Bertz CT molecular complexity index is 929. The van der Waals surface area contributed by atoms with Gasteiger partial charge in [0.15, 0.2) is 0 Å². The molecule has 1 amide bonds. The summed E-state index contributed by atoms with van der Waals surface area (Å²) >= 11 is 0. The zero-order valence-corrected chi connectivity index (χ0v) is 14.1. The Morgan fingerprint density at radius 2 is 2.24 bits per heavy atom. The van der Waals surface area contributed by atoms with Crippen LogP contribution in [0.15, 0.2) is 28.9 Å². The molecule has 25 heavy (non-hydrogen) atoms. The van der Waals surface area contributed by atoms with E-state index in [1.54, 1.807) is 19.4 Å². The topological polar surface area (TPSA) is 90.1 Å². The Morgan fingerprint density at radius 3 is 2.92 bits per heavy atom. The average Bonchev–Trinajstić information content (AvgIpc) is 3.43. The highest BCUT2D eigenvalue weighted by atomic mass is 16.5. The summed E-state index contributed by atoms with van der Waals surface area (Å²) in [6.45, 7) is 2.19. The van der Waals surface area contributed by atoms with Crippen molar-refractivity contribution in [2.45, 2.75) is 32.2 Å². The fourth-order valence-corrected chi connectivity index (χ4v) is 2.79. The normalized spacial score (nSPS) is 13.8. The molecule has 1 aliphatic carbocycles. The number of nitrogens with zero attached hydrogens (tertiary/aromatic N) is 3. The van der Waals surface area contributed by atoms with Crippen LogP contribution in [0.1, 0.15) is 46.1 Å². The number of pyridine rings is 2. The molecule has 4 rings (SSSR count). The molecule has 1 N–H and O–H groups in total. The summed E-state index contributed by atoms with van der Waals surface area (Å²) in [6.07, 6.45) is 3.88. The van der Waals surface area contributed by atoms with E-state index in [4.69, 9.17) is 9.26 Å². The van der Waals surface area contributed by atoms with Gasteiger partial charge in [-0.15, -0.1) is 0 Å². The molecule has 0 aliphatic heterocycles. The number of nitrogens with one attached hydrogen (secondary N) is 1. The number of aryl methyl sites for hydroxylation is 1. The van der Waals surface area contributed by atoms with Gasteiger partial charge in [0.2, 0.25) is 5.88 Å². The first-order valence-corrected chi connectivity index (χ1v) is 8.19. The number of hydrogen-bond acceptors (Lipinski definition) is 6. The van der Waals surface area contributed by atoms with Gasteiger partial charge in [-0.1, -0.05) is 11.2 Å². The van der Waals surface area contributed by atoms with Crippen molar-refractivity contribution in [2.75, 3.05) is 7.11 Å². The number of hydrogen-bond donors (Lipinski definition) is 1. The fourth-order valence-electron chi connectivity index (χ4n) is 2.79. The lowest BCUT2D eigenvalue weighted by atomic mass is 10.1. The van der Waals surface area contributed by atoms with E-state index in [1.807, 2.05) is 19.1 Å². The van der Waals surface area contributed by atoms with Crippen LogP contribution in [0.2, 0.25) is 0 Å². The molecule has 0 saturated heterocycles. The lowest BCUT2D eigenvalue weighted by Gasteiger charge is -2.08. The number of ether oxygens (including phenoxy) is 1. The second-order valence-corrected chi connectivity index (χ2v) is 6.21. The SMILES string of the molecule is COc1ccc(CNC(=O)c2cc(C3CC3)nc3onc(C)c23)cn1. The Balaban J connectivity index is 1.59. The van der Waals surface area contributed by atoms with Gasteiger partial charge in [0.1, 0.15) is 0 Å². The van der Waals surface area contributed by atoms with Crippen LogP contribution in [0, 0.1) is 6.92 Å². The number of carbonyl (C=O) groups is 1. The second kappa shape index (κ2) is 6.16. The van der Waals surface area contributed by atoms with E-state index >= 15 is 0 Å². The third-order valence-electron chi connectivity index (χ3n) is 4.34. The zero-order chi connectivity index (χ0) is 17.4. The maximum Gasteiger partial charge on any atom is 0.259 e. The van der Waals surface area contributed by atoms with Gasteiger partial charge in [0, 0.05) is 30.4 Å². The fraction of sp³-hybridized carbons (Fsp3) is 0.333. The molecule has 0 bridgehead atoms. The predicted octanol–water partition coefficient (Wildman–Crippen LogP) is 2.74. The Kier molecular flexibility index (Phi) is 3.83. The van der Waals surface area contributed by atoms with Crippen LogP contribution in [0.3, 0.4) is 0 Å². The minimum atomic E-state index is -0.170. The monoisotopic (exact) mass is 338 g/mol. The summed E-state index contributed by atoms with van der Waals surface area (Å²) in [6, 6.07) is 5.50. The van der Waals surface area contributed by atoms with Gasteiger partial charge in [-0.2, -0.15) is 0 Å². The summed E-state index contributed by atoms with van der Waals surface area (Å²) < 4.78 is 10.3. The Labute approximate surface area is 144 Å². The van der Waals surface area contributed by atoms with E-state index in [-0.39, 0.29) is 5.91 Å². The summed E-state index contributed by atoms with van der Waals surface area (Å²) in [5.41, 5.74) is 3.45. The standard InChI is InChI=1S/C18H18N4O3/c1-10-16-13(7-14(12-4-5-12)21-18(16)25-22-10)17(23)20-9-11-3-6-15(24-2)19-8-11/h3,6-8,12H,4-5,9H2,1-2H3,(H,20,23). The summed E-state index contributed by atoms with van der Waals surface area (Å²) in [4.78, 5) is 21.4. The number of methoxy groups -OCH3 is 1. The second-order valence-electron chi connectivity index (χ2n) is 6.21. The van der Waals surface area contributed by atoms with Gasteiger partial charge in [-0.25, -0.2) is 9.97 Å². The third kappa shape index (κ3) is 3.05. The zero-order valence-electron chi connectivity index (χ0n) is 14.1. The smallest absolute Gasteiger partial charge is 0.259 e. The van der Waals surface area contributed by atoms with Gasteiger partial charge >= 0.3 is 0 Å².